The molecule has 0 spiro atoms. The molecule has 30 heavy (non-hydrogen) atoms. The van der Waals surface area contributed by atoms with Crippen molar-refractivity contribution in [3.05, 3.63) is 93.7 Å². The summed E-state index contributed by atoms with van der Waals surface area (Å²) in [5.41, 5.74) is 1.89. The van der Waals surface area contributed by atoms with Gasteiger partial charge in [-0.3, -0.25) is 9.59 Å². The maximum absolute atomic E-state index is 13.6. The SMILES string of the molecule is O=C(C/C=C/c1ccccc1)NCc1nc(C(=O)NCCc2ccccc2F)cs1. The Kier molecular flexibility index (Phi) is 7.86. The van der Waals surface area contributed by atoms with E-state index in [0.717, 1.165) is 5.56 Å². The van der Waals surface area contributed by atoms with Crippen LogP contribution in [0.3, 0.4) is 0 Å². The molecule has 0 aliphatic carbocycles. The zero-order valence-electron chi connectivity index (χ0n) is 16.3. The van der Waals surface area contributed by atoms with Crippen molar-refractivity contribution in [3.8, 4) is 0 Å². The van der Waals surface area contributed by atoms with E-state index in [1.807, 2.05) is 36.4 Å². The van der Waals surface area contributed by atoms with Crippen LogP contribution in [-0.2, 0) is 17.8 Å². The number of carbonyl (C=O) groups excluding carboxylic acids is 2. The molecule has 154 valence electrons. The van der Waals surface area contributed by atoms with Gasteiger partial charge in [0.1, 0.15) is 16.5 Å². The Hall–Kier alpha value is -3.32. The zero-order chi connectivity index (χ0) is 21.2. The van der Waals surface area contributed by atoms with Crippen molar-refractivity contribution in [1.82, 2.24) is 15.6 Å². The Balaban J connectivity index is 1.39. The highest BCUT2D eigenvalue weighted by Gasteiger charge is 2.11. The lowest BCUT2D eigenvalue weighted by molar-refractivity contribution is -0.120. The molecule has 0 unspecified atom stereocenters. The van der Waals surface area contributed by atoms with Crippen molar-refractivity contribution in [3.63, 3.8) is 0 Å². The highest BCUT2D eigenvalue weighted by Crippen LogP contribution is 2.10. The number of aromatic nitrogens is 1. The molecule has 1 aromatic heterocycles. The molecule has 3 rings (SSSR count). The normalized spacial score (nSPS) is 10.8. The van der Waals surface area contributed by atoms with Crippen LogP contribution in [0.1, 0.15) is 33.0 Å². The van der Waals surface area contributed by atoms with E-state index in [0.29, 0.717) is 29.2 Å². The van der Waals surface area contributed by atoms with E-state index < -0.39 is 0 Å². The van der Waals surface area contributed by atoms with Crippen LogP contribution in [0.25, 0.3) is 6.08 Å². The minimum absolute atomic E-state index is 0.117. The lowest BCUT2D eigenvalue weighted by atomic mass is 10.1. The summed E-state index contributed by atoms with van der Waals surface area (Å²) in [5, 5.41) is 7.83. The summed E-state index contributed by atoms with van der Waals surface area (Å²) < 4.78 is 13.6. The standard InChI is InChI=1S/C23H22FN3O2S/c24-19-11-5-4-10-18(19)13-14-25-23(29)20-16-30-22(27-20)15-26-21(28)12-6-9-17-7-2-1-3-8-17/h1-11,16H,12-15H2,(H,25,29)(H,26,28)/b9-6+. The number of nitrogens with one attached hydrogen (secondary N) is 2. The predicted octanol–water partition coefficient (Wildman–Crippen LogP) is 3.97. The minimum atomic E-state index is -0.314. The number of amides is 2. The van der Waals surface area contributed by atoms with Crippen LogP contribution in [0, 0.1) is 5.82 Å². The fourth-order valence-electron chi connectivity index (χ4n) is 2.71. The van der Waals surface area contributed by atoms with Crippen LogP contribution < -0.4 is 10.6 Å². The summed E-state index contributed by atoms with van der Waals surface area (Å²) in [4.78, 5) is 28.4. The molecule has 2 amide bonds. The molecule has 0 atom stereocenters. The summed E-state index contributed by atoms with van der Waals surface area (Å²) in [7, 11) is 0. The fraction of sp³-hybridized carbons (Fsp3) is 0.174. The van der Waals surface area contributed by atoms with Gasteiger partial charge in [0, 0.05) is 18.3 Å². The first-order valence-corrected chi connectivity index (χ1v) is 10.4. The number of carbonyl (C=O) groups is 2. The van der Waals surface area contributed by atoms with Crippen molar-refractivity contribution in [2.75, 3.05) is 6.54 Å². The van der Waals surface area contributed by atoms with Crippen molar-refractivity contribution in [2.45, 2.75) is 19.4 Å². The van der Waals surface area contributed by atoms with Gasteiger partial charge in [0.15, 0.2) is 0 Å². The van der Waals surface area contributed by atoms with Gasteiger partial charge in [0.25, 0.3) is 5.91 Å². The highest BCUT2D eigenvalue weighted by atomic mass is 32.1. The Morgan fingerprint density at radius 3 is 2.60 bits per heavy atom. The van der Waals surface area contributed by atoms with Gasteiger partial charge in [-0.1, -0.05) is 60.7 Å². The summed E-state index contributed by atoms with van der Waals surface area (Å²) in [6, 6.07) is 16.2. The molecule has 7 heteroatoms. The minimum Gasteiger partial charge on any atom is -0.350 e. The molecular formula is C23H22FN3O2S. The lowest BCUT2D eigenvalue weighted by Gasteiger charge is -2.04. The number of thiazole rings is 1. The second kappa shape index (κ2) is 11.0. The van der Waals surface area contributed by atoms with Gasteiger partial charge in [0.05, 0.1) is 6.54 Å². The van der Waals surface area contributed by atoms with Crippen LogP contribution in [0.5, 0.6) is 0 Å². The van der Waals surface area contributed by atoms with E-state index in [4.69, 9.17) is 0 Å². The average Bonchev–Trinajstić information content (AvgIpc) is 3.24. The van der Waals surface area contributed by atoms with Crippen molar-refractivity contribution in [1.29, 1.82) is 0 Å². The van der Waals surface area contributed by atoms with Crippen LogP contribution in [0.15, 0.2) is 66.1 Å². The molecule has 1 heterocycles. The number of benzene rings is 2. The fourth-order valence-corrected chi connectivity index (χ4v) is 3.43. The smallest absolute Gasteiger partial charge is 0.270 e. The molecular weight excluding hydrogens is 401 g/mol. The third-order valence-electron chi connectivity index (χ3n) is 4.27. The second-order valence-electron chi connectivity index (χ2n) is 6.52. The third-order valence-corrected chi connectivity index (χ3v) is 5.12. The number of rotatable bonds is 9. The van der Waals surface area contributed by atoms with Crippen molar-refractivity contribution in [2.24, 2.45) is 0 Å². The van der Waals surface area contributed by atoms with Gasteiger partial charge in [-0.15, -0.1) is 11.3 Å². The molecule has 5 nitrogen and oxygen atoms in total. The first-order valence-electron chi connectivity index (χ1n) is 9.56. The van der Waals surface area contributed by atoms with Crippen LogP contribution in [0.2, 0.25) is 0 Å². The largest absolute Gasteiger partial charge is 0.350 e. The Morgan fingerprint density at radius 2 is 1.80 bits per heavy atom. The van der Waals surface area contributed by atoms with E-state index in [-0.39, 0.29) is 30.6 Å². The highest BCUT2D eigenvalue weighted by molar-refractivity contribution is 7.09. The molecule has 0 bridgehead atoms. The maximum Gasteiger partial charge on any atom is 0.270 e. The number of hydrogen-bond acceptors (Lipinski definition) is 4. The molecule has 0 aliphatic heterocycles. The number of hydrogen-bond donors (Lipinski definition) is 2. The van der Waals surface area contributed by atoms with E-state index in [1.54, 1.807) is 29.7 Å². The first-order chi connectivity index (χ1) is 14.6. The summed E-state index contributed by atoms with van der Waals surface area (Å²) in [5.74, 6) is -0.712. The summed E-state index contributed by atoms with van der Waals surface area (Å²) in [6.45, 7) is 0.586. The number of halogens is 1. The van der Waals surface area contributed by atoms with Crippen molar-refractivity contribution < 1.29 is 14.0 Å². The van der Waals surface area contributed by atoms with Gasteiger partial charge in [-0.2, -0.15) is 0 Å². The molecule has 2 aromatic carbocycles. The molecule has 0 radical (unpaired) electrons. The van der Waals surface area contributed by atoms with Gasteiger partial charge in [-0.05, 0) is 23.6 Å². The van der Waals surface area contributed by atoms with Crippen LogP contribution in [0.4, 0.5) is 4.39 Å². The van der Waals surface area contributed by atoms with Gasteiger partial charge < -0.3 is 10.6 Å². The van der Waals surface area contributed by atoms with Crippen molar-refractivity contribution >= 4 is 29.2 Å². The number of nitrogens with zero attached hydrogens (tertiary/aromatic N) is 1. The lowest BCUT2D eigenvalue weighted by Crippen LogP contribution is -2.26. The second-order valence-corrected chi connectivity index (χ2v) is 7.46. The van der Waals surface area contributed by atoms with E-state index in [2.05, 4.69) is 15.6 Å². The van der Waals surface area contributed by atoms with Crippen LogP contribution in [-0.4, -0.2) is 23.3 Å². The predicted molar refractivity (Wildman–Crippen MR) is 116 cm³/mol. The molecule has 0 saturated carbocycles. The quantitative estimate of drug-likeness (QED) is 0.547. The topological polar surface area (TPSA) is 71.1 Å². The molecule has 0 fully saturated rings. The Labute approximate surface area is 178 Å². The first kappa shape index (κ1) is 21.4. The molecule has 3 aromatic rings. The third kappa shape index (κ3) is 6.63. The molecule has 2 N–H and O–H groups in total. The van der Waals surface area contributed by atoms with E-state index in [9.17, 15) is 14.0 Å². The van der Waals surface area contributed by atoms with Gasteiger partial charge >= 0.3 is 0 Å². The Morgan fingerprint density at radius 1 is 1.03 bits per heavy atom. The van der Waals surface area contributed by atoms with Crippen LogP contribution >= 0.6 is 11.3 Å². The zero-order valence-corrected chi connectivity index (χ0v) is 17.1. The monoisotopic (exact) mass is 423 g/mol. The van der Waals surface area contributed by atoms with Gasteiger partial charge in [-0.25, -0.2) is 9.37 Å². The Bertz CT molecular complexity index is 1020. The molecule has 0 saturated heterocycles. The summed E-state index contributed by atoms with van der Waals surface area (Å²) >= 11 is 1.31. The van der Waals surface area contributed by atoms with E-state index >= 15 is 0 Å². The molecule has 0 aliphatic rings. The van der Waals surface area contributed by atoms with Gasteiger partial charge in [0.2, 0.25) is 5.91 Å². The van der Waals surface area contributed by atoms with E-state index in [1.165, 1.54) is 17.4 Å². The summed E-state index contributed by atoms with van der Waals surface area (Å²) in [6.07, 6.45) is 4.37. The maximum atomic E-state index is 13.6. The average molecular weight is 424 g/mol.